The van der Waals surface area contributed by atoms with Crippen LogP contribution in [-0.4, -0.2) is 28.0 Å². The second-order valence-corrected chi connectivity index (χ2v) is 5.61. The molecule has 0 spiro atoms. The average Bonchev–Trinajstić information content (AvgIpc) is 2.53. The van der Waals surface area contributed by atoms with E-state index in [4.69, 9.17) is 12.7 Å². The molecule has 0 N–H and O–H groups in total. The van der Waals surface area contributed by atoms with Gasteiger partial charge < -0.3 is 4.65 Å². The Hall–Kier alpha value is -2.75. The fourth-order valence-corrected chi connectivity index (χ4v) is 2.25. The summed E-state index contributed by atoms with van der Waals surface area (Å²) in [7, 11) is 5.45. The van der Waals surface area contributed by atoms with Crippen LogP contribution in [0, 0.1) is 52.9 Å². The first-order valence-electron chi connectivity index (χ1n) is 7.45. The molecule has 0 amide bonds. The van der Waals surface area contributed by atoms with Gasteiger partial charge in [0.2, 0.25) is 0 Å². The second kappa shape index (κ2) is 6.79. The molecule has 7 heteroatoms. The molecular formula is C17H18BN5O. The van der Waals surface area contributed by atoms with Crippen LogP contribution >= 0.6 is 0 Å². The highest BCUT2D eigenvalue weighted by Crippen LogP contribution is 2.26. The molecule has 0 aliphatic carbocycles. The summed E-state index contributed by atoms with van der Waals surface area (Å²) in [6, 6.07) is 2.08. The molecule has 0 bridgehead atoms. The van der Waals surface area contributed by atoms with E-state index in [1.54, 1.807) is 6.92 Å². The molecule has 6 nitrogen and oxygen atoms in total. The molecule has 0 saturated heterocycles. The van der Waals surface area contributed by atoms with Crippen LogP contribution in [0.5, 0.6) is 0 Å². The van der Waals surface area contributed by atoms with Gasteiger partial charge in [0.15, 0.2) is 5.82 Å². The van der Waals surface area contributed by atoms with Crippen molar-refractivity contribution in [2.45, 2.75) is 41.5 Å². The predicted molar refractivity (Wildman–Crippen MR) is 91.8 cm³/mol. The minimum Gasteiger partial charge on any atom is -0.565 e. The lowest BCUT2D eigenvalue weighted by molar-refractivity contribution is 0.568. The number of hydrogen-bond acceptors (Lipinski definition) is 6. The van der Waals surface area contributed by atoms with Crippen molar-refractivity contribution < 1.29 is 4.65 Å². The van der Waals surface area contributed by atoms with E-state index in [-0.39, 0.29) is 17.2 Å². The Morgan fingerprint density at radius 2 is 1.38 bits per heavy atom. The maximum atomic E-state index is 9.64. The van der Waals surface area contributed by atoms with Crippen molar-refractivity contribution in [2.24, 2.45) is 0 Å². The molecule has 2 heterocycles. The summed E-state index contributed by atoms with van der Waals surface area (Å²) in [6.07, 6.45) is 0. The molecule has 0 atom stereocenters. The first kappa shape index (κ1) is 17.6. The highest BCUT2D eigenvalue weighted by atomic mass is 16.4. The van der Waals surface area contributed by atoms with E-state index in [1.165, 1.54) is 0 Å². The molecule has 0 unspecified atom stereocenters. The molecule has 2 radical (unpaired) electrons. The summed E-state index contributed by atoms with van der Waals surface area (Å²) < 4.78 is 5.00. The second-order valence-electron chi connectivity index (χ2n) is 5.61. The van der Waals surface area contributed by atoms with Gasteiger partial charge in [0, 0.05) is 11.4 Å². The smallest absolute Gasteiger partial charge is 0.374 e. The van der Waals surface area contributed by atoms with Crippen molar-refractivity contribution in [2.75, 3.05) is 0 Å². The molecule has 24 heavy (non-hydrogen) atoms. The van der Waals surface area contributed by atoms with Gasteiger partial charge in [-0.25, -0.2) is 15.0 Å². The Labute approximate surface area is 143 Å². The van der Waals surface area contributed by atoms with Gasteiger partial charge in [0.1, 0.15) is 23.1 Å². The van der Waals surface area contributed by atoms with Gasteiger partial charge in [-0.2, -0.15) is 5.26 Å². The Morgan fingerprint density at radius 3 is 1.88 bits per heavy atom. The minimum absolute atomic E-state index is 0.119. The number of nitrogens with zero attached hydrogens (tertiary/aromatic N) is 5. The number of nitriles is 1. The van der Waals surface area contributed by atoms with Crippen molar-refractivity contribution in [1.29, 1.82) is 5.26 Å². The quantitative estimate of drug-likeness (QED) is 0.491. The number of allylic oxidation sites excluding steroid dienone is 1. The first-order valence-corrected chi connectivity index (χ1v) is 7.45. The van der Waals surface area contributed by atoms with Crippen molar-refractivity contribution in [3.05, 3.63) is 45.6 Å². The van der Waals surface area contributed by atoms with E-state index in [0.717, 1.165) is 28.3 Å². The van der Waals surface area contributed by atoms with E-state index in [9.17, 15) is 5.26 Å². The summed E-state index contributed by atoms with van der Waals surface area (Å²) in [6.45, 7) is 11.2. The molecule has 2 aromatic rings. The average molecular weight is 319 g/mol. The van der Waals surface area contributed by atoms with E-state index in [0.29, 0.717) is 11.4 Å². The highest BCUT2D eigenvalue weighted by molar-refractivity contribution is 6.05. The summed E-state index contributed by atoms with van der Waals surface area (Å²) in [5.41, 5.74) is 5.28. The zero-order chi connectivity index (χ0) is 18.0. The lowest BCUT2D eigenvalue weighted by Crippen LogP contribution is -2.08. The van der Waals surface area contributed by atoms with Crippen molar-refractivity contribution in [3.63, 3.8) is 0 Å². The van der Waals surface area contributed by atoms with Crippen molar-refractivity contribution >= 4 is 19.4 Å². The van der Waals surface area contributed by atoms with Crippen LogP contribution in [0.15, 0.2) is 0 Å². The van der Waals surface area contributed by atoms with Gasteiger partial charge in [-0.3, -0.25) is 4.98 Å². The summed E-state index contributed by atoms with van der Waals surface area (Å²) in [5.74, 6) is 0.381. The Bertz CT molecular complexity index is 860. The van der Waals surface area contributed by atoms with Gasteiger partial charge in [0.05, 0.1) is 17.1 Å². The zero-order valence-electron chi connectivity index (χ0n) is 14.7. The number of aromatic nitrogens is 4. The van der Waals surface area contributed by atoms with E-state index in [1.807, 2.05) is 34.6 Å². The van der Waals surface area contributed by atoms with E-state index in [2.05, 4.69) is 26.0 Å². The molecule has 0 aliphatic rings. The molecule has 0 fully saturated rings. The van der Waals surface area contributed by atoms with Gasteiger partial charge in [-0.15, -0.1) is 0 Å². The molecule has 0 aliphatic heterocycles. The Balaban J connectivity index is 2.77. The standard InChI is InChI=1S/C17H18BN5O/c1-8-9(2)22-17(23-10(8)3)14(7-19)16(24-18)15-13(6)20-11(4)12(5)21-15/h1-6H3. The molecule has 120 valence electrons. The number of rotatable bonds is 3. The normalized spacial score (nSPS) is 11.7. The summed E-state index contributed by atoms with van der Waals surface area (Å²) >= 11 is 0. The van der Waals surface area contributed by atoms with Gasteiger partial charge >= 0.3 is 8.05 Å². The fraction of sp³-hybridized carbons (Fsp3) is 0.353. The van der Waals surface area contributed by atoms with Crippen LogP contribution in [0.4, 0.5) is 0 Å². The minimum atomic E-state index is 0.119. The monoisotopic (exact) mass is 319 g/mol. The topological polar surface area (TPSA) is 84.6 Å². The maximum Gasteiger partial charge on any atom is 0.374 e. The lowest BCUT2D eigenvalue weighted by atomic mass is 10.1. The summed E-state index contributed by atoms with van der Waals surface area (Å²) in [5, 5.41) is 9.64. The third-order valence-electron chi connectivity index (χ3n) is 4.01. The molecular weight excluding hydrogens is 301 g/mol. The van der Waals surface area contributed by atoms with Crippen LogP contribution < -0.4 is 0 Å². The van der Waals surface area contributed by atoms with Crippen molar-refractivity contribution in [1.82, 2.24) is 19.9 Å². The number of aryl methyl sites for hydroxylation is 5. The highest BCUT2D eigenvalue weighted by Gasteiger charge is 2.20. The largest absolute Gasteiger partial charge is 0.565 e. The van der Waals surface area contributed by atoms with Gasteiger partial charge in [-0.05, 0) is 47.1 Å². The Morgan fingerprint density at radius 1 is 0.833 bits per heavy atom. The molecule has 2 aromatic heterocycles. The zero-order valence-corrected chi connectivity index (χ0v) is 14.7. The van der Waals surface area contributed by atoms with Crippen LogP contribution in [-0.2, 0) is 4.65 Å². The van der Waals surface area contributed by atoms with Crippen LogP contribution in [0.2, 0.25) is 0 Å². The number of hydrogen-bond donors (Lipinski definition) is 0. The predicted octanol–water partition coefficient (Wildman–Crippen LogP) is 2.61. The van der Waals surface area contributed by atoms with Crippen LogP contribution in [0.25, 0.3) is 11.3 Å². The SMILES string of the molecule is [B]OC(=C(C#N)c1nc(C)c(C)c(C)n1)c1nc(C)c(C)nc1C. The third-order valence-corrected chi connectivity index (χ3v) is 4.01. The lowest BCUT2D eigenvalue weighted by Gasteiger charge is -2.14. The fourth-order valence-electron chi connectivity index (χ4n) is 2.25. The molecule has 2 rings (SSSR count). The van der Waals surface area contributed by atoms with E-state index >= 15 is 0 Å². The van der Waals surface area contributed by atoms with Gasteiger partial charge in [-0.1, -0.05) is 0 Å². The van der Waals surface area contributed by atoms with Crippen molar-refractivity contribution in [3.8, 4) is 6.07 Å². The first-order chi connectivity index (χ1) is 11.3. The maximum absolute atomic E-state index is 9.64. The van der Waals surface area contributed by atoms with Gasteiger partial charge in [0.25, 0.3) is 0 Å². The van der Waals surface area contributed by atoms with E-state index < -0.39 is 0 Å². The van der Waals surface area contributed by atoms with Crippen LogP contribution in [0.1, 0.15) is 45.6 Å². The third kappa shape index (κ3) is 3.13. The summed E-state index contributed by atoms with van der Waals surface area (Å²) in [4.78, 5) is 17.7. The molecule has 0 aromatic carbocycles. The Kier molecular flexibility index (Phi) is 4.98. The molecule has 0 saturated carbocycles. The van der Waals surface area contributed by atoms with Crippen LogP contribution in [0.3, 0.4) is 0 Å².